The molecule has 21 heavy (non-hydrogen) atoms. The van der Waals surface area contributed by atoms with E-state index in [-0.39, 0.29) is 0 Å². The Balaban J connectivity index is 2.02. The van der Waals surface area contributed by atoms with Crippen LogP contribution in [0.1, 0.15) is 34.8 Å². The molecular weight excluding hydrogens is 284 g/mol. The molecule has 0 radical (unpaired) electrons. The number of carboxylic acid groups (broad SMARTS) is 1. The summed E-state index contributed by atoms with van der Waals surface area (Å²) in [5.74, 6) is -0.879. The molecule has 0 amide bonds. The fourth-order valence-electron chi connectivity index (χ4n) is 2.17. The number of aromatic carboxylic acids is 1. The highest BCUT2D eigenvalue weighted by Gasteiger charge is 2.12. The maximum Gasteiger partial charge on any atom is 0.335 e. The first kappa shape index (κ1) is 15.7. The molecule has 0 atom stereocenters. The number of benzene rings is 1. The molecule has 1 heterocycles. The molecule has 1 aromatic heterocycles. The Kier molecular flexibility index (Phi) is 5.47. The Labute approximate surface area is 129 Å². The maximum absolute atomic E-state index is 11.0. The first-order valence-electron chi connectivity index (χ1n) is 7.01. The first-order chi connectivity index (χ1) is 10.1. The number of carboxylic acids is 1. The number of carbonyl (C=O) groups is 1. The predicted molar refractivity (Wildman–Crippen MR) is 84.8 cm³/mol. The molecule has 4 nitrogen and oxygen atoms in total. The highest BCUT2D eigenvalue weighted by Crippen LogP contribution is 2.13. The number of thiazole rings is 1. The van der Waals surface area contributed by atoms with Crippen LogP contribution in [0.5, 0.6) is 0 Å². The highest BCUT2D eigenvalue weighted by atomic mass is 32.1. The number of hydrogen-bond donors (Lipinski definition) is 1. The van der Waals surface area contributed by atoms with Gasteiger partial charge in [0, 0.05) is 37.1 Å². The fraction of sp³-hybridized carbons (Fsp3) is 0.375. The van der Waals surface area contributed by atoms with Gasteiger partial charge >= 0.3 is 5.97 Å². The van der Waals surface area contributed by atoms with Gasteiger partial charge in [0.1, 0.15) is 0 Å². The van der Waals surface area contributed by atoms with E-state index in [1.165, 1.54) is 0 Å². The summed E-state index contributed by atoms with van der Waals surface area (Å²) in [5, 5.41) is 12.2. The maximum atomic E-state index is 11.0. The molecule has 2 rings (SSSR count). The summed E-state index contributed by atoms with van der Waals surface area (Å²) in [6, 6.07) is 7.56. The Morgan fingerprint density at radius 2 is 2.24 bits per heavy atom. The molecule has 0 saturated heterocycles. The number of rotatable bonds is 7. The summed E-state index contributed by atoms with van der Waals surface area (Å²) >= 11 is 1.67. The quantitative estimate of drug-likeness (QED) is 0.853. The second kappa shape index (κ2) is 7.33. The van der Waals surface area contributed by atoms with Gasteiger partial charge in [-0.3, -0.25) is 4.90 Å². The van der Waals surface area contributed by atoms with Gasteiger partial charge in [-0.2, -0.15) is 0 Å². The zero-order valence-electron chi connectivity index (χ0n) is 12.3. The van der Waals surface area contributed by atoms with Gasteiger partial charge < -0.3 is 5.11 Å². The lowest BCUT2D eigenvalue weighted by atomic mass is 10.1. The normalized spacial score (nSPS) is 11.2. The second-order valence-corrected chi connectivity index (χ2v) is 6.22. The summed E-state index contributed by atoms with van der Waals surface area (Å²) < 4.78 is 0. The van der Waals surface area contributed by atoms with Gasteiger partial charge in [-0.05, 0) is 31.5 Å². The number of aromatic nitrogens is 1. The lowest BCUT2D eigenvalue weighted by Gasteiger charge is -2.26. The highest BCUT2D eigenvalue weighted by molar-refractivity contribution is 7.09. The Morgan fingerprint density at radius 1 is 1.43 bits per heavy atom. The molecule has 0 bridgehead atoms. The Morgan fingerprint density at radius 3 is 2.86 bits per heavy atom. The fourth-order valence-corrected chi connectivity index (χ4v) is 2.78. The summed E-state index contributed by atoms with van der Waals surface area (Å²) in [6.45, 7) is 5.98. The van der Waals surface area contributed by atoms with E-state index in [0.717, 1.165) is 30.1 Å². The van der Waals surface area contributed by atoms with Crippen molar-refractivity contribution in [3.05, 3.63) is 52.0 Å². The molecule has 0 fully saturated rings. The van der Waals surface area contributed by atoms with Crippen LogP contribution in [0.15, 0.2) is 35.8 Å². The van der Waals surface area contributed by atoms with E-state index in [4.69, 9.17) is 5.11 Å². The van der Waals surface area contributed by atoms with Crippen molar-refractivity contribution in [2.45, 2.75) is 32.9 Å². The van der Waals surface area contributed by atoms with Gasteiger partial charge in [0.05, 0.1) is 10.6 Å². The van der Waals surface area contributed by atoms with E-state index in [1.807, 2.05) is 17.6 Å². The molecule has 0 aliphatic heterocycles. The lowest BCUT2D eigenvalue weighted by molar-refractivity contribution is 0.0696. The molecular formula is C16H20N2O2S. The average Bonchev–Trinajstić information content (AvgIpc) is 2.96. The van der Waals surface area contributed by atoms with Gasteiger partial charge in [0.15, 0.2) is 0 Å². The van der Waals surface area contributed by atoms with Crippen LogP contribution in [0.4, 0.5) is 0 Å². The molecule has 0 saturated carbocycles. The van der Waals surface area contributed by atoms with Gasteiger partial charge in [-0.25, -0.2) is 9.78 Å². The van der Waals surface area contributed by atoms with Crippen molar-refractivity contribution < 1.29 is 9.90 Å². The molecule has 1 N–H and O–H groups in total. The largest absolute Gasteiger partial charge is 0.478 e. The molecule has 112 valence electrons. The van der Waals surface area contributed by atoms with E-state index in [9.17, 15) is 4.79 Å². The minimum absolute atomic E-state index is 0.344. The summed E-state index contributed by atoms with van der Waals surface area (Å²) in [6.07, 6.45) is 2.75. The first-order valence-corrected chi connectivity index (χ1v) is 7.89. The smallest absolute Gasteiger partial charge is 0.335 e. The number of hydrogen-bond acceptors (Lipinski definition) is 4. The molecule has 1 aromatic carbocycles. The Hall–Kier alpha value is -1.72. The van der Waals surface area contributed by atoms with Crippen LogP contribution in [-0.4, -0.2) is 33.5 Å². The zero-order valence-corrected chi connectivity index (χ0v) is 13.1. The summed E-state index contributed by atoms with van der Waals surface area (Å²) in [7, 11) is 0. The van der Waals surface area contributed by atoms with E-state index in [0.29, 0.717) is 11.6 Å². The van der Waals surface area contributed by atoms with E-state index >= 15 is 0 Å². The van der Waals surface area contributed by atoms with Crippen LogP contribution in [0, 0.1) is 0 Å². The summed E-state index contributed by atoms with van der Waals surface area (Å²) in [4.78, 5) is 17.7. The van der Waals surface area contributed by atoms with Crippen molar-refractivity contribution in [1.82, 2.24) is 9.88 Å². The van der Waals surface area contributed by atoms with Crippen molar-refractivity contribution >= 4 is 17.3 Å². The lowest BCUT2D eigenvalue weighted by Crippen LogP contribution is -2.32. The minimum atomic E-state index is -0.879. The molecule has 0 spiro atoms. The third-order valence-electron chi connectivity index (χ3n) is 3.39. The molecule has 5 heteroatoms. The monoisotopic (exact) mass is 304 g/mol. The van der Waals surface area contributed by atoms with Crippen LogP contribution < -0.4 is 0 Å². The van der Waals surface area contributed by atoms with E-state index in [1.54, 1.807) is 29.5 Å². The van der Waals surface area contributed by atoms with Crippen molar-refractivity contribution in [2.24, 2.45) is 0 Å². The van der Waals surface area contributed by atoms with Gasteiger partial charge in [-0.1, -0.05) is 12.1 Å². The minimum Gasteiger partial charge on any atom is -0.478 e. The van der Waals surface area contributed by atoms with Crippen LogP contribution in [-0.2, 0) is 13.0 Å². The van der Waals surface area contributed by atoms with Crippen molar-refractivity contribution in [3.63, 3.8) is 0 Å². The second-order valence-electron chi connectivity index (χ2n) is 5.25. The predicted octanol–water partition coefficient (Wildman–Crippen LogP) is 3.29. The van der Waals surface area contributed by atoms with Crippen LogP contribution in [0.3, 0.4) is 0 Å². The summed E-state index contributed by atoms with van der Waals surface area (Å²) in [5.41, 5.74) is 1.37. The molecule has 2 aromatic rings. The van der Waals surface area contributed by atoms with Crippen molar-refractivity contribution in [2.75, 3.05) is 6.54 Å². The third kappa shape index (κ3) is 4.65. The van der Waals surface area contributed by atoms with Crippen molar-refractivity contribution in [1.29, 1.82) is 0 Å². The van der Waals surface area contributed by atoms with Crippen LogP contribution in [0.25, 0.3) is 0 Å². The van der Waals surface area contributed by atoms with Crippen molar-refractivity contribution in [3.8, 4) is 0 Å². The van der Waals surface area contributed by atoms with Gasteiger partial charge in [0.25, 0.3) is 0 Å². The zero-order chi connectivity index (χ0) is 15.2. The van der Waals surface area contributed by atoms with Crippen LogP contribution in [0.2, 0.25) is 0 Å². The van der Waals surface area contributed by atoms with Gasteiger partial charge in [-0.15, -0.1) is 11.3 Å². The Bertz CT molecular complexity index is 582. The molecule has 0 unspecified atom stereocenters. The SMILES string of the molecule is CC(C)N(CCc1nccs1)Cc1cccc(C(=O)O)c1. The van der Waals surface area contributed by atoms with Crippen LogP contribution >= 0.6 is 11.3 Å². The topological polar surface area (TPSA) is 53.4 Å². The molecule has 0 aliphatic rings. The third-order valence-corrected chi connectivity index (χ3v) is 4.23. The van der Waals surface area contributed by atoms with E-state index < -0.39 is 5.97 Å². The molecule has 0 aliphatic carbocycles. The number of nitrogens with zero attached hydrogens (tertiary/aromatic N) is 2. The van der Waals surface area contributed by atoms with E-state index in [2.05, 4.69) is 23.7 Å². The van der Waals surface area contributed by atoms with Gasteiger partial charge in [0.2, 0.25) is 0 Å². The standard InChI is InChI=1S/C16H20N2O2S/c1-12(2)18(8-6-15-17-7-9-21-15)11-13-4-3-5-14(10-13)16(19)20/h3-5,7,9-10,12H,6,8,11H2,1-2H3,(H,19,20). The average molecular weight is 304 g/mol.